The summed E-state index contributed by atoms with van der Waals surface area (Å²) in [6.45, 7) is 3.98. The number of rotatable bonds is 1. The Morgan fingerprint density at radius 2 is 2.12 bits per heavy atom. The lowest BCUT2D eigenvalue weighted by Crippen LogP contribution is -2.45. The van der Waals surface area contributed by atoms with Crippen molar-refractivity contribution in [3.63, 3.8) is 0 Å². The molecule has 0 radical (unpaired) electrons. The SMILES string of the molecule is Cc1nc(N2CCCC3(CCc4cn[nH]c43)C2)c2cnn(C)c2n1. The zero-order valence-corrected chi connectivity index (χ0v) is 14.1. The monoisotopic (exact) mass is 323 g/mol. The van der Waals surface area contributed by atoms with E-state index >= 15 is 0 Å². The lowest BCUT2D eigenvalue weighted by Gasteiger charge is -2.41. The third kappa shape index (κ3) is 1.84. The van der Waals surface area contributed by atoms with Crippen molar-refractivity contribution in [2.24, 2.45) is 7.05 Å². The molecule has 1 spiro atoms. The molecule has 1 unspecified atom stereocenters. The molecule has 3 aromatic heterocycles. The Hall–Kier alpha value is -2.44. The number of anilines is 1. The van der Waals surface area contributed by atoms with E-state index in [2.05, 4.69) is 25.2 Å². The highest BCUT2D eigenvalue weighted by Gasteiger charge is 2.44. The summed E-state index contributed by atoms with van der Waals surface area (Å²) in [5, 5.41) is 13.0. The highest BCUT2D eigenvalue weighted by Crippen LogP contribution is 2.45. The van der Waals surface area contributed by atoms with Gasteiger partial charge in [-0.1, -0.05) is 0 Å². The summed E-state index contributed by atoms with van der Waals surface area (Å²) in [6.07, 6.45) is 8.61. The van der Waals surface area contributed by atoms with Gasteiger partial charge in [0.2, 0.25) is 0 Å². The standard InChI is InChI=1S/C17H21N7/c1-11-20-15-13(9-19-23(15)2)16(21-11)24-7-3-5-17(10-24)6-4-12-8-18-22-14(12)17/h8-9H,3-7,10H2,1-2H3,(H,18,22). The van der Waals surface area contributed by atoms with E-state index in [1.807, 2.05) is 31.0 Å². The molecule has 4 heterocycles. The molecular formula is C17H21N7. The van der Waals surface area contributed by atoms with Crippen LogP contribution in [0.15, 0.2) is 12.4 Å². The van der Waals surface area contributed by atoms with Gasteiger partial charge in [0.05, 0.1) is 17.8 Å². The van der Waals surface area contributed by atoms with Crippen LogP contribution in [-0.4, -0.2) is 43.0 Å². The molecule has 1 atom stereocenters. The molecule has 1 N–H and O–H groups in total. The number of hydrogen-bond acceptors (Lipinski definition) is 5. The van der Waals surface area contributed by atoms with Gasteiger partial charge in [0.15, 0.2) is 5.65 Å². The van der Waals surface area contributed by atoms with Crippen LogP contribution in [-0.2, 0) is 18.9 Å². The molecule has 1 fully saturated rings. The van der Waals surface area contributed by atoms with Crippen molar-refractivity contribution < 1.29 is 0 Å². The van der Waals surface area contributed by atoms with Gasteiger partial charge in [0.25, 0.3) is 0 Å². The van der Waals surface area contributed by atoms with Gasteiger partial charge < -0.3 is 4.90 Å². The number of aryl methyl sites for hydroxylation is 3. The van der Waals surface area contributed by atoms with Gasteiger partial charge in [0, 0.05) is 31.2 Å². The molecule has 0 bridgehead atoms. The maximum Gasteiger partial charge on any atom is 0.163 e. The van der Waals surface area contributed by atoms with Crippen molar-refractivity contribution in [3.05, 3.63) is 29.5 Å². The Bertz CT molecular complexity index is 924. The van der Waals surface area contributed by atoms with Gasteiger partial charge in [-0.05, 0) is 38.2 Å². The van der Waals surface area contributed by atoms with Crippen LogP contribution in [0.2, 0.25) is 0 Å². The fourth-order valence-corrected chi connectivity index (χ4v) is 4.53. The second-order valence-electron chi connectivity index (χ2n) is 7.18. The summed E-state index contributed by atoms with van der Waals surface area (Å²) in [6, 6.07) is 0. The summed E-state index contributed by atoms with van der Waals surface area (Å²) in [7, 11) is 1.93. The maximum atomic E-state index is 4.77. The van der Waals surface area contributed by atoms with Gasteiger partial charge in [-0.2, -0.15) is 10.2 Å². The largest absolute Gasteiger partial charge is 0.355 e. The summed E-state index contributed by atoms with van der Waals surface area (Å²) >= 11 is 0. The lowest BCUT2D eigenvalue weighted by atomic mass is 9.77. The summed E-state index contributed by atoms with van der Waals surface area (Å²) in [5.41, 5.74) is 3.84. The molecule has 2 aliphatic rings. The lowest BCUT2D eigenvalue weighted by molar-refractivity contribution is 0.332. The van der Waals surface area contributed by atoms with Crippen LogP contribution >= 0.6 is 0 Å². The van der Waals surface area contributed by atoms with Crippen molar-refractivity contribution in [3.8, 4) is 0 Å². The molecule has 124 valence electrons. The molecule has 24 heavy (non-hydrogen) atoms. The third-order valence-electron chi connectivity index (χ3n) is 5.68. The van der Waals surface area contributed by atoms with Crippen molar-refractivity contribution in [2.45, 2.75) is 38.0 Å². The summed E-state index contributed by atoms with van der Waals surface area (Å²) in [4.78, 5) is 11.8. The maximum absolute atomic E-state index is 4.77. The zero-order valence-electron chi connectivity index (χ0n) is 14.1. The molecule has 0 saturated carbocycles. The van der Waals surface area contributed by atoms with E-state index in [4.69, 9.17) is 4.98 Å². The van der Waals surface area contributed by atoms with E-state index in [1.54, 1.807) is 0 Å². The highest BCUT2D eigenvalue weighted by atomic mass is 15.3. The van der Waals surface area contributed by atoms with Gasteiger partial charge >= 0.3 is 0 Å². The summed E-state index contributed by atoms with van der Waals surface area (Å²) < 4.78 is 1.83. The topological polar surface area (TPSA) is 75.5 Å². The van der Waals surface area contributed by atoms with Crippen LogP contribution in [0.4, 0.5) is 5.82 Å². The summed E-state index contributed by atoms with van der Waals surface area (Å²) in [5.74, 6) is 1.83. The Morgan fingerprint density at radius 3 is 3.04 bits per heavy atom. The van der Waals surface area contributed by atoms with Gasteiger partial charge in [-0.15, -0.1) is 0 Å². The number of aromatic nitrogens is 6. The van der Waals surface area contributed by atoms with E-state index in [-0.39, 0.29) is 5.41 Å². The molecule has 1 saturated heterocycles. The number of nitrogens with one attached hydrogen (secondary N) is 1. The van der Waals surface area contributed by atoms with E-state index in [9.17, 15) is 0 Å². The number of fused-ring (bicyclic) bond motifs is 3. The minimum Gasteiger partial charge on any atom is -0.355 e. The van der Waals surface area contributed by atoms with Crippen LogP contribution in [0.3, 0.4) is 0 Å². The number of H-pyrrole nitrogens is 1. The Kier molecular flexibility index (Phi) is 2.78. The van der Waals surface area contributed by atoms with Crippen molar-refractivity contribution >= 4 is 16.9 Å². The molecule has 1 aliphatic heterocycles. The Labute approximate surface area is 140 Å². The molecular weight excluding hydrogens is 302 g/mol. The van der Waals surface area contributed by atoms with Crippen molar-refractivity contribution in [2.75, 3.05) is 18.0 Å². The first-order chi connectivity index (χ1) is 11.7. The van der Waals surface area contributed by atoms with Crippen LogP contribution in [0.5, 0.6) is 0 Å². The minimum absolute atomic E-state index is 0.192. The number of piperidine rings is 1. The highest BCUT2D eigenvalue weighted by molar-refractivity contribution is 5.87. The van der Waals surface area contributed by atoms with E-state index in [0.29, 0.717) is 0 Å². The fraction of sp³-hybridized carbons (Fsp3) is 0.529. The van der Waals surface area contributed by atoms with Gasteiger partial charge in [-0.3, -0.25) is 9.78 Å². The van der Waals surface area contributed by atoms with Crippen molar-refractivity contribution in [1.29, 1.82) is 0 Å². The third-order valence-corrected chi connectivity index (χ3v) is 5.68. The van der Waals surface area contributed by atoms with Crippen molar-refractivity contribution in [1.82, 2.24) is 29.9 Å². The van der Waals surface area contributed by atoms with E-state index < -0.39 is 0 Å². The van der Waals surface area contributed by atoms with E-state index in [0.717, 1.165) is 42.2 Å². The molecule has 0 aromatic carbocycles. The van der Waals surface area contributed by atoms with Gasteiger partial charge in [0.1, 0.15) is 11.6 Å². The number of nitrogens with zero attached hydrogens (tertiary/aromatic N) is 6. The molecule has 0 amide bonds. The quantitative estimate of drug-likeness (QED) is 0.740. The number of hydrogen-bond donors (Lipinski definition) is 1. The van der Waals surface area contributed by atoms with E-state index in [1.165, 1.54) is 30.5 Å². The second kappa shape index (κ2) is 4.78. The predicted molar refractivity (Wildman–Crippen MR) is 91.1 cm³/mol. The second-order valence-corrected chi connectivity index (χ2v) is 7.18. The fourth-order valence-electron chi connectivity index (χ4n) is 4.53. The van der Waals surface area contributed by atoms with Gasteiger partial charge in [-0.25, -0.2) is 9.97 Å². The normalized spacial score (nSPS) is 23.3. The number of aromatic amines is 1. The first kappa shape index (κ1) is 13.9. The van der Waals surface area contributed by atoms with Crippen LogP contribution in [0.1, 0.15) is 36.3 Å². The predicted octanol–water partition coefficient (Wildman–Crippen LogP) is 1.88. The molecule has 3 aromatic rings. The molecule has 7 heteroatoms. The first-order valence-electron chi connectivity index (χ1n) is 8.60. The van der Waals surface area contributed by atoms with Crippen LogP contribution in [0, 0.1) is 6.92 Å². The molecule has 1 aliphatic carbocycles. The molecule has 7 nitrogen and oxygen atoms in total. The van der Waals surface area contributed by atoms with Crippen LogP contribution in [0.25, 0.3) is 11.0 Å². The van der Waals surface area contributed by atoms with Crippen LogP contribution < -0.4 is 4.90 Å². The zero-order chi connectivity index (χ0) is 16.3. The Morgan fingerprint density at radius 1 is 1.21 bits per heavy atom. The Balaban J connectivity index is 1.59. The first-order valence-corrected chi connectivity index (χ1v) is 8.60. The average molecular weight is 323 g/mol. The minimum atomic E-state index is 0.192. The molecule has 5 rings (SSSR count). The average Bonchev–Trinajstić information content (AvgIpc) is 3.27. The smallest absolute Gasteiger partial charge is 0.163 e.